The maximum absolute atomic E-state index is 14.2. The van der Waals surface area contributed by atoms with Gasteiger partial charge in [-0.2, -0.15) is 9.13 Å². The van der Waals surface area contributed by atoms with Crippen LogP contribution in [0, 0.1) is 27.6 Å². The van der Waals surface area contributed by atoms with Crippen molar-refractivity contribution in [3.05, 3.63) is 23.8 Å². The van der Waals surface area contributed by atoms with Gasteiger partial charge in [-0.1, -0.05) is 45.6 Å². The van der Waals surface area contributed by atoms with Gasteiger partial charge in [0.15, 0.2) is 11.5 Å². The van der Waals surface area contributed by atoms with E-state index < -0.39 is 72.7 Å². The smallest absolute Gasteiger partial charge is 0.382 e. The second kappa shape index (κ2) is 18.8. The fourth-order valence-electron chi connectivity index (χ4n) is 3.60. The summed E-state index contributed by atoms with van der Waals surface area (Å²) in [5.74, 6) is -4.95. The first-order chi connectivity index (χ1) is 23.9. The Balaban J connectivity index is 3.68. The van der Waals surface area contributed by atoms with Crippen molar-refractivity contribution in [2.24, 2.45) is 27.6 Å². The van der Waals surface area contributed by atoms with Gasteiger partial charge in [-0.15, -0.1) is 0 Å². The molecule has 0 aromatic heterocycles. The Morgan fingerprint density at radius 3 is 1.34 bits per heavy atom. The minimum absolute atomic E-state index is 0.0631. The van der Waals surface area contributed by atoms with Crippen LogP contribution in [0.1, 0.15) is 141 Å². The highest BCUT2D eigenvalue weighted by Gasteiger charge is 2.46. The molecule has 14 nitrogen and oxygen atoms in total. The van der Waals surface area contributed by atoms with Crippen LogP contribution in [0.3, 0.4) is 0 Å². The van der Waals surface area contributed by atoms with Gasteiger partial charge in [0.25, 0.3) is 0 Å². The molecule has 0 aliphatic rings. The molecule has 0 aliphatic carbocycles. The number of nitrogens with one attached hydrogen (secondary N) is 1. The average molecular weight is 790 g/mol. The maximum Gasteiger partial charge on any atom is 0.651 e. The molecule has 0 heterocycles. The van der Waals surface area contributed by atoms with Gasteiger partial charge in [0.05, 0.1) is 21.7 Å². The van der Waals surface area contributed by atoms with E-state index in [2.05, 4.69) is 19.2 Å². The Bertz CT molecular complexity index is 1490. The first-order valence-electron chi connectivity index (χ1n) is 17.8. The van der Waals surface area contributed by atoms with E-state index in [9.17, 15) is 33.1 Å². The summed E-state index contributed by atoms with van der Waals surface area (Å²) < 4.78 is 60.2. The van der Waals surface area contributed by atoms with Gasteiger partial charge >= 0.3 is 39.5 Å². The number of phosphoric ester groups is 2. The minimum atomic E-state index is -5.21. The van der Waals surface area contributed by atoms with Crippen molar-refractivity contribution in [1.82, 2.24) is 5.32 Å². The molecule has 0 aliphatic heterocycles. The maximum atomic E-state index is 14.2. The number of amides is 1. The van der Waals surface area contributed by atoms with Crippen LogP contribution in [-0.4, -0.2) is 29.8 Å². The number of unbranched alkanes of at least 4 members (excludes halogenated alkanes) is 3. The Morgan fingerprint density at radius 2 is 0.962 bits per heavy atom. The van der Waals surface area contributed by atoms with Crippen molar-refractivity contribution in [3.8, 4) is 11.5 Å². The molecule has 0 radical (unpaired) electrons. The van der Waals surface area contributed by atoms with Crippen molar-refractivity contribution >= 4 is 45.4 Å². The number of carbonyl (C=O) groups is 5. The molecule has 1 rings (SSSR count). The van der Waals surface area contributed by atoms with Crippen LogP contribution in [0.15, 0.2) is 18.2 Å². The molecular formula is C37H61NO13P2. The third kappa shape index (κ3) is 17.5. The van der Waals surface area contributed by atoms with E-state index in [0.717, 1.165) is 31.7 Å². The van der Waals surface area contributed by atoms with Crippen molar-refractivity contribution in [3.63, 3.8) is 0 Å². The number of rotatable bonds is 17. The van der Waals surface area contributed by atoms with Gasteiger partial charge in [0.2, 0.25) is 5.91 Å². The van der Waals surface area contributed by atoms with E-state index in [4.69, 9.17) is 27.1 Å². The van der Waals surface area contributed by atoms with Gasteiger partial charge < -0.3 is 32.5 Å². The fraction of sp³-hybridized carbons (Fsp3) is 0.703. The molecule has 1 aromatic rings. The number of phosphoric acid groups is 2. The number of hydrogen-bond donors (Lipinski definition) is 1. The van der Waals surface area contributed by atoms with Gasteiger partial charge in [-0.3, -0.25) is 24.0 Å². The molecule has 0 atom stereocenters. The lowest BCUT2D eigenvalue weighted by atomic mass is 9.98. The summed E-state index contributed by atoms with van der Waals surface area (Å²) in [5.41, 5.74) is -4.57. The average Bonchev–Trinajstić information content (AvgIpc) is 2.96. The Morgan fingerprint density at radius 1 is 0.585 bits per heavy atom. The normalized spacial score (nSPS) is 12.8. The second-order valence-electron chi connectivity index (χ2n) is 17.5. The molecule has 53 heavy (non-hydrogen) atoms. The Kier molecular flexibility index (Phi) is 16.9. The highest BCUT2D eigenvalue weighted by Crippen LogP contribution is 2.58. The van der Waals surface area contributed by atoms with Crippen LogP contribution in [0.25, 0.3) is 0 Å². The largest absolute Gasteiger partial charge is 0.651 e. The molecular weight excluding hydrogens is 728 g/mol. The minimum Gasteiger partial charge on any atom is -0.382 e. The zero-order valence-electron chi connectivity index (χ0n) is 34.0. The number of benzene rings is 1. The molecule has 16 heteroatoms. The third-order valence-corrected chi connectivity index (χ3v) is 9.48. The van der Waals surface area contributed by atoms with Crippen LogP contribution in [0.5, 0.6) is 11.5 Å². The van der Waals surface area contributed by atoms with Gasteiger partial charge in [0, 0.05) is 13.0 Å². The highest BCUT2D eigenvalue weighted by molar-refractivity contribution is 7.50. The monoisotopic (exact) mass is 789 g/mol. The topological polar surface area (TPSA) is 187 Å². The standard InChI is InChI=1S/C37H61NO13P2/c1-25(2)19-17-15-16-18-20-29(39)38-24-26-21-22-27(46-52(44,48-30(40)34(3,4)5)49-31(41)35(6,7)8)28(23-26)47-53(45,50-32(42)36(9,10)11)51-33(43)37(12,13)14/h21-23,25H,15-20,24H2,1-14H3,(H,38,39). The first-order valence-corrected chi connectivity index (χ1v) is 20.7. The Hall–Kier alpha value is -3.37. The molecule has 0 saturated heterocycles. The summed E-state index contributed by atoms with van der Waals surface area (Å²) in [6.45, 7) is 21.9. The second-order valence-corrected chi connectivity index (χ2v) is 20.4. The highest BCUT2D eigenvalue weighted by atomic mass is 31.2. The molecule has 0 fully saturated rings. The van der Waals surface area contributed by atoms with Crippen molar-refractivity contribution in [1.29, 1.82) is 0 Å². The zero-order valence-corrected chi connectivity index (χ0v) is 35.7. The van der Waals surface area contributed by atoms with Crippen molar-refractivity contribution in [2.75, 3.05) is 0 Å². The van der Waals surface area contributed by atoms with E-state index in [-0.39, 0.29) is 18.9 Å². The lowest BCUT2D eigenvalue weighted by molar-refractivity contribution is -0.151. The SMILES string of the molecule is CC(C)CCCCCCC(=O)NCc1ccc(OP(=O)(OC(=O)C(C)(C)C)OC(=O)C(C)(C)C)c(OP(=O)(OC(=O)C(C)(C)C)OC(=O)C(C)(C)C)c1. The molecule has 302 valence electrons. The fourth-order valence-corrected chi connectivity index (χ4v) is 6.50. The molecule has 0 spiro atoms. The summed E-state index contributed by atoms with van der Waals surface area (Å²) in [7, 11) is -10.4. The van der Waals surface area contributed by atoms with Crippen LogP contribution < -0.4 is 14.4 Å². The summed E-state index contributed by atoms with van der Waals surface area (Å²) >= 11 is 0. The molecule has 1 aromatic carbocycles. The predicted octanol–water partition coefficient (Wildman–Crippen LogP) is 9.63. The molecule has 0 saturated carbocycles. The summed E-state index contributed by atoms with van der Waals surface area (Å²) in [6, 6.07) is 3.78. The lowest BCUT2D eigenvalue weighted by Gasteiger charge is -2.27. The molecule has 0 unspecified atom stereocenters. The molecule has 1 amide bonds. The summed E-state index contributed by atoms with van der Waals surface area (Å²) in [5, 5.41) is 2.79. The predicted molar refractivity (Wildman–Crippen MR) is 199 cm³/mol. The summed E-state index contributed by atoms with van der Waals surface area (Å²) in [6.07, 6.45) is 5.12. The van der Waals surface area contributed by atoms with E-state index >= 15 is 0 Å². The van der Waals surface area contributed by atoms with Crippen LogP contribution in [0.2, 0.25) is 0 Å². The van der Waals surface area contributed by atoms with Crippen molar-refractivity contribution < 1.29 is 60.2 Å². The molecule has 1 N–H and O–H groups in total. The molecule has 0 bridgehead atoms. The lowest BCUT2D eigenvalue weighted by Crippen LogP contribution is -2.27. The Labute approximate surface area is 315 Å². The van der Waals surface area contributed by atoms with Gasteiger partial charge in [-0.25, -0.2) is 0 Å². The third-order valence-electron chi connectivity index (χ3n) is 7.08. The van der Waals surface area contributed by atoms with Crippen LogP contribution >= 0.6 is 15.6 Å². The quantitative estimate of drug-likeness (QED) is 0.116. The van der Waals surface area contributed by atoms with E-state index in [0.29, 0.717) is 17.9 Å². The number of carbonyl (C=O) groups excluding carboxylic acids is 5. The van der Waals surface area contributed by atoms with Crippen molar-refractivity contribution in [2.45, 2.75) is 142 Å². The van der Waals surface area contributed by atoms with Crippen LogP contribution in [0.4, 0.5) is 0 Å². The zero-order chi connectivity index (χ0) is 41.2. The van der Waals surface area contributed by atoms with Crippen LogP contribution in [-0.2, 0) is 57.7 Å². The van der Waals surface area contributed by atoms with Gasteiger partial charge in [0.1, 0.15) is 0 Å². The number of hydrogen-bond acceptors (Lipinski definition) is 13. The first kappa shape index (κ1) is 47.7. The van der Waals surface area contributed by atoms with E-state index in [1.54, 1.807) is 0 Å². The summed E-state index contributed by atoms with van der Waals surface area (Å²) in [4.78, 5) is 64.4. The van der Waals surface area contributed by atoms with E-state index in [1.165, 1.54) is 95.2 Å². The van der Waals surface area contributed by atoms with Gasteiger partial charge in [-0.05, 0) is 113 Å². The van der Waals surface area contributed by atoms with E-state index in [1.807, 2.05) is 0 Å².